The number of rotatable bonds is 3. The molecule has 1 saturated heterocycles. The number of aryl methyl sites for hydroxylation is 1. The van der Waals surface area contributed by atoms with Gasteiger partial charge in [0, 0.05) is 25.2 Å². The van der Waals surface area contributed by atoms with Crippen LogP contribution in [0.25, 0.3) is 0 Å². The van der Waals surface area contributed by atoms with E-state index in [4.69, 9.17) is 14.2 Å². The first-order valence-electron chi connectivity index (χ1n) is 11.0. The monoisotopic (exact) mass is 392 g/mol. The van der Waals surface area contributed by atoms with E-state index < -0.39 is 0 Å². The highest BCUT2D eigenvalue weighted by molar-refractivity contribution is 5.63. The maximum absolute atomic E-state index is 6.03. The lowest BCUT2D eigenvalue weighted by molar-refractivity contribution is 0.174. The van der Waals surface area contributed by atoms with Crippen LogP contribution in [0, 0.1) is 0 Å². The molecular formula is C24H28N2O3. The van der Waals surface area contributed by atoms with Gasteiger partial charge in [-0.1, -0.05) is 12.1 Å². The van der Waals surface area contributed by atoms with E-state index >= 15 is 0 Å². The van der Waals surface area contributed by atoms with Crippen molar-refractivity contribution < 1.29 is 14.2 Å². The number of ether oxygens (including phenoxy) is 3. The highest BCUT2D eigenvalue weighted by Crippen LogP contribution is 2.39. The molecule has 29 heavy (non-hydrogen) atoms. The minimum absolute atomic E-state index is 0.355. The second-order valence-electron chi connectivity index (χ2n) is 8.72. The molecule has 1 N–H and O–H groups in total. The summed E-state index contributed by atoms with van der Waals surface area (Å²) < 4.78 is 17.1. The zero-order valence-electron chi connectivity index (χ0n) is 16.8. The average molecular weight is 392 g/mol. The summed E-state index contributed by atoms with van der Waals surface area (Å²) in [6, 6.07) is 12.1. The quantitative estimate of drug-likeness (QED) is 0.867. The van der Waals surface area contributed by atoms with E-state index in [2.05, 4.69) is 40.5 Å². The summed E-state index contributed by atoms with van der Waals surface area (Å²) in [4.78, 5) is 2.52. The van der Waals surface area contributed by atoms with Gasteiger partial charge in [-0.15, -0.1) is 0 Å². The van der Waals surface area contributed by atoms with Gasteiger partial charge in [0.25, 0.3) is 0 Å². The molecular weight excluding hydrogens is 364 g/mol. The molecule has 6 rings (SSSR count). The molecule has 0 bridgehead atoms. The first-order chi connectivity index (χ1) is 14.3. The number of hydrogen-bond donors (Lipinski definition) is 1. The van der Waals surface area contributed by atoms with Gasteiger partial charge in [-0.05, 0) is 73.4 Å². The van der Waals surface area contributed by atoms with Crippen molar-refractivity contribution in [1.82, 2.24) is 5.32 Å². The summed E-state index contributed by atoms with van der Waals surface area (Å²) >= 11 is 0. The molecule has 2 aromatic rings. The number of benzene rings is 2. The Hall–Kier alpha value is -2.40. The molecule has 0 atom stereocenters. The van der Waals surface area contributed by atoms with Crippen molar-refractivity contribution in [3.63, 3.8) is 0 Å². The third-order valence-electron chi connectivity index (χ3n) is 6.85. The number of nitrogens with one attached hydrogen (secondary N) is 1. The van der Waals surface area contributed by atoms with Crippen LogP contribution in [0.4, 0.5) is 5.69 Å². The molecule has 5 heteroatoms. The predicted octanol–water partition coefficient (Wildman–Crippen LogP) is 3.47. The molecule has 0 spiro atoms. The SMILES string of the molecule is c1cc2c(c(N3CCC(NC4Cc5cc6c(cc5C4)OCO6)CC3)c1)OCCC2. The molecule has 2 aromatic carbocycles. The van der Waals surface area contributed by atoms with Gasteiger partial charge in [-0.2, -0.15) is 0 Å². The van der Waals surface area contributed by atoms with Crippen LogP contribution < -0.4 is 24.4 Å². The molecule has 0 amide bonds. The fourth-order valence-corrected chi connectivity index (χ4v) is 5.37. The van der Waals surface area contributed by atoms with Crippen molar-refractivity contribution in [2.75, 3.05) is 31.4 Å². The minimum Gasteiger partial charge on any atom is -0.491 e. The van der Waals surface area contributed by atoms with Crippen LogP contribution in [0.2, 0.25) is 0 Å². The van der Waals surface area contributed by atoms with E-state index in [9.17, 15) is 0 Å². The van der Waals surface area contributed by atoms with Crippen LogP contribution in [-0.4, -0.2) is 38.6 Å². The molecule has 0 unspecified atom stereocenters. The Balaban J connectivity index is 1.08. The van der Waals surface area contributed by atoms with E-state index in [0.717, 1.165) is 62.6 Å². The minimum atomic E-state index is 0.355. The number of para-hydroxylation sites is 1. The van der Waals surface area contributed by atoms with Gasteiger partial charge < -0.3 is 24.4 Å². The fourth-order valence-electron chi connectivity index (χ4n) is 5.37. The molecule has 0 radical (unpaired) electrons. The second kappa shape index (κ2) is 7.13. The largest absolute Gasteiger partial charge is 0.491 e. The van der Waals surface area contributed by atoms with E-state index in [0.29, 0.717) is 18.9 Å². The maximum Gasteiger partial charge on any atom is 0.231 e. The molecule has 4 aliphatic rings. The van der Waals surface area contributed by atoms with Crippen molar-refractivity contribution in [3.05, 3.63) is 47.0 Å². The third kappa shape index (κ3) is 3.21. The Kier molecular flexibility index (Phi) is 4.29. The fraction of sp³-hybridized carbons (Fsp3) is 0.500. The maximum atomic E-state index is 6.03. The molecule has 1 aliphatic carbocycles. The Morgan fingerprint density at radius 2 is 1.62 bits per heavy atom. The predicted molar refractivity (Wildman–Crippen MR) is 112 cm³/mol. The van der Waals surface area contributed by atoms with Gasteiger partial charge in [-0.25, -0.2) is 0 Å². The Morgan fingerprint density at radius 3 is 2.38 bits per heavy atom. The summed E-state index contributed by atoms with van der Waals surface area (Å²) in [5.74, 6) is 2.95. The lowest BCUT2D eigenvalue weighted by atomic mass is 10.00. The Morgan fingerprint density at radius 1 is 0.862 bits per heavy atom. The van der Waals surface area contributed by atoms with E-state index in [1.807, 2.05) is 0 Å². The standard InChI is InChI=1S/C24H28N2O3/c1-3-16-4-2-10-27-24(16)21(5-1)26-8-6-19(7-9-26)25-20-11-17-13-22-23(29-15-28-22)14-18(17)12-20/h1,3,5,13-14,19-20,25H,2,4,6-12,15H2. The van der Waals surface area contributed by atoms with Gasteiger partial charge in [0.15, 0.2) is 11.5 Å². The number of piperidine rings is 1. The summed E-state index contributed by atoms with van der Waals surface area (Å²) in [5.41, 5.74) is 5.50. The zero-order chi connectivity index (χ0) is 19.2. The van der Waals surface area contributed by atoms with Crippen molar-refractivity contribution in [2.24, 2.45) is 0 Å². The summed E-state index contributed by atoms with van der Waals surface area (Å²) in [5, 5.41) is 3.93. The normalized spacial score (nSPS) is 21.0. The lowest BCUT2D eigenvalue weighted by Crippen LogP contribution is -2.46. The Bertz CT molecular complexity index is 888. The van der Waals surface area contributed by atoms with Crippen molar-refractivity contribution in [2.45, 2.75) is 50.6 Å². The summed E-state index contributed by atoms with van der Waals surface area (Å²) in [6.07, 6.45) is 6.81. The van der Waals surface area contributed by atoms with Crippen LogP contribution in [-0.2, 0) is 19.3 Å². The van der Waals surface area contributed by atoms with Crippen LogP contribution >= 0.6 is 0 Å². The molecule has 1 fully saturated rings. The first kappa shape index (κ1) is 17.5. The number of fused-ring (bicyclic) bond motifs is 3. The highest BCUT2D eigenvalue weighted by atomic mass is 16.7. The van der Waals surface area contributed by atoms with Gasteiger partial charge >= 0.3 is 0 Å². The molecule has 3 aliphatic heterocycles. The van der Waals surface area contributed by atoms with Crippen LogP contribution in [0.15, 0.2) is 30.3 Å². The highest BCUT2D eigenvalue weighted by Gasteiger charge is 2.29. The van der Waals surface area contributed by atoms with Crippen molar-refractivity contribution in [3.8, 4) is 17.2 Å². The van der Waals surface area contributed by atoms with Crippen LogP contribution in [0.1, 0.15) is 36.0 Å². The topological polar surface area (TPSA) is 43.0 Å². The second-order valence-corrected chi connectivity index (χ2v) is 8.72. The zero-order valence-corrected chi connectivity index (χ0v) is 16.8. The van der Waals surface area contributed by atoms with E-state index in [-0.39, 0.29) is 0 Å². The number of hydrogen-bond acceptors (Lipinski definition) is 5. The number of nitrogens with zero attached hydrogens (tertiary/aromatic N) is 1. The molecule has 0 saturated carbocycles. The first-order valence-corrected chi connectivity index (χ1v) is 11.0. The van der Waals surface area contributed by atoms with Gasteiger partial charge in [0.05, 0.1) is 12.3 Å². The number of anilines is 1. The van der Waals surface area contributed by atoms with Crippen molar-refractivity contribution >= 4 is 5.69 Å². The van der Waals surface area contributed by atoms with E-state index in [1.54, 1.807) is 0 Å². The lowest BCUT2D eigenvalue weighted by Gasteiger charge is -2.36. The molecule has 3 heterocycles. The van der Waals surface area contributed by atoms with Gasteiger partial charge in [0.1, 0.15) is 5.75 Å². The molecule has 152 valence electrons. The van der Waals surface area contributed by atoms with Crippen LogP contribution in [0.5, 0.6) is 17.2 Å². The summed E-state index contributed by atoms with van der Waals surface area (Å²) in [7, 11) is 0. The van der Waals surface area contributed by atoms with E-state index in [1.165, 1.54) is 35.2 Å². The third-order valence-corrected chi connectivity index (χ3v) is 6.85. The van der Waals surface area contributed by atoms with Crippen molar-refractivity contribution in [1.29, 1.82) is 0 Å². The Labute approximate surface area is 171 Å². The van der Waals surface area contributed by atoms with Crippen LogP contribution in [0.3, 0.4) is 0 Å². The molecule has 5 nitrogen and oxygen atoms in total. The smallest absolute Gasteiger partial charge is 0.231 e. The average Bonchev–Trinajstić information content (AvgIpc) is 3.37. The van der Waals surface area contributed by atoms with Gasteiger partial charge in [-0.3, -0.25) is 0 Å². The van der Waals surface area contributed by atoms with Gasteiger partial charge in [0.2, 0.25) is 6.79 Å². The summed E-state index contributed by atoms with van der Waals surface area (Å²) in [6.45, 7) is 3.39. The molecule has 0 aromatic heterocycles.